The lowest BCUT2D eigenvalue weighted by Gasteiger charge is -2.13. The van der Waals surface area contributed by atoms with Crippen molar-refractivity contribution in [3.8, 4) is 11.1 Å². The fourth-order valence-electron chi connectivity index (χ4n) is 3.49. The molecule has 1 aromatic heterocycles. The quantitative estimate of drug-likeness (QED) is 0.329. The lowest BCUT2D eigenvalue weighted by Crippen LogP contribution is -2.23. The zero-order valence-corrected chi connectivity index (χ0v) is 20.8. The predicted molar refractivity (Wildman–Crippen MR) is 131 cm³/mol. The Morgan fingerprint density at radius 3 is 2.40 bits per heavy atom. The topological polar surface area (TPSA) is 76.1 Å². The Labute approximate surface area is 210 Å². The highest BCUT2D eigenvalue weighted by Gasteiger charge is 2.47. The Hall–Kier alpha value is -2.56. The van der Waals surface area contributed by atoms with Gasteiger partial charge >= 0.3 is 5.51 Å². The van der Waals surface area contributed by atoms with Gasteiger partial charge in [0.25, 0.3) is 15.7 Å². The third-order valence-corrected chi connectivity index (χ3v) is 8.19. The molecule has 184 valence electrons. The number of nitrogens with one attached hydrogen (secondary N) is 1. The number of nitrogens with zero attached hydrogens (tertiary/aromatic N) is 1. The maximum Gasteiger partial charge on any atom is 0.501 e. The van der Waals surface area contributed by atoms with Crippen LogP contribution in [0.15, 0.2) is 64.5 Å². The van der Waals surface area contributed by atoms with Crippen LogP contribution in [0.1, 0.15) is 41.7 Å². The van der Waals surface area contributed by atoms with Gasteiger partial charge in [0.1, 0.15) is 5.69 Å². The molecule has 5 nitrogen and oxygen atoms in total. The number of carbonyl (C=O) groups excluding carboxylic acids is 1. The van der Waals surface area contributed by atoms with Crippen LogP contribution in [0.4, 0.5) is 18.9 Å². The maximum absolute atomic E-state index is 13.0. The van der Waals surface area contributed by atoms with Crippen LogP contribution in [0.25, 0.3) is 11.1 Å². The molecule has 0 radical (unpaired) electrons. The number of carbonyl (C=O) groups is 1. The zero-order chi connectivity index (χ0) is 25.4. The molecule has 4 rings (SSSR count). The normalized spacial score (nSPS) is 14.1. The summed E-state index contributed by atoms with van der Waals surface area (Å²) in [5.74, 6) is 0.558. The molecule has 11 heteroatoms. The molecular weight excluding hydrogens is 521 g/mol. The molecule has 1 fully saturated rings. The molecule has 1 amide bonds. The third kappa shape index (κ3) is 5.49. The molecule has 1 saturated carbocycles. The van der Waals surface area contributed by atoms with Crippen LogP contribution in [0.2, 0.25) is 5.02 Å². The molecule has 1 N–H and O–H groups in total. The van der Waals surface area contributed by atoms with Gasteiger partial charge in [-0.05, 0) is 59.9 Å². The van der Waals surface area contributed by atoms with Crippen molar-refractivity contribution in [1.82, 2.24) is 4.98 Å². The van der Waals surface area contributed by atoms with Gasteiger partial charge in [0.15, 0.2) is 0 Å². The Kier molecular flexibility index (Phi) is 7.17. The summed E-state index contributed by atoms with van der Waals surface area (Å²) in [6.07, 6.45) is 3.96. The van der Waals surface area contributed by atoms with Crippen molar-refractivity contribution in [2.45, 2.75) is 41.0 Å². The van der Waals surface area contributed by atoms with Crippen molar-refractivity contribution in [1.29, 1.82) is 0 Å². The molecule has 0 unspecified atom stereocenters. The number of alkyl halides is 3. The molecule has 0 bridgehead atoms. The number of benzene rings is 2. The number of rotatable bonds is 7. The lowest BCUT2D eigenvalue weighted by atomic mass is 10.0. The minimum atomic E-state index is -5.60. The summed E-state index contributed by atoms with van der Waals surface area (Å²) in [6, 6.07) is 12.4. The van der Waals surface area contributed by atoms with Gasteiger partial charge in [0, 0.05) is 16.7 Å². The SMILES string of the molecule is CCSc1cc(-c2ccc(C3CC3)cc2)cnc1C(=O)Nc1cc(S(=O)(=O)C(F)(F)F)ccc1Cl. The van der Waals surface area contributed by atoms with E-state index in [0.717, 1.165) is 23.3 Å². The number of hydrogen-bond acceptors (Lipinski definition) is 5. The summed E-state index contributed by atoms with van der Waals surface area (Å²) in [7, 11) is -5.60. The average molecular weight is 541 g/mol. The monoisotopic (exact) mass is 540 g/mol. The third-order valence-electron chi connectivity index (χ3n) is 5.46. The summed E-state index contributed by atoms with van der Waals surface area (Å²) in [5, 5.41) is 2.28. The van der Waals surface area contributed by atoms with E-state index < -0.39 is 26.1 Å². The van der Waals surface area contributed by atoms with Crippen molar-refractivity contribution in [2.75, 3.05) is 11.1 Å². The first-order valence-corrected chi connectivity index (χ1v) is 13.5. The van der Waals surface area contributed by atoms with Crippen LogP contribution in [-0.4, -0.2) is 30.6 Å². The lowest BCUT2D eigenvalue weighted by molar-refractivity contribution is -0.0436. The molecule has 1 aliphatic rings. The van der Waals surface area contributed by atoms with Gasteiger partial charge in [-0.15, -0.1) is 11.8 Å². The van der Waals surface area contributed by atoms with E-state index in [4.69, 9.17) is 11.6 Å². The summed E-state index contributed by atoms with van der Waals surface area (Å²) >= 11 is 7.40. The number of amides is 1. The number of thioether (sulfide) groups is 1. The molecule has 1 aliphatic carbocycles. The highest BCUT2D eigenvalue weighted by Crippen LogP contribution is 2.40. The minimum Gasteiger partial charge on any atom is -0.319 e. The van der Waals surface area contributed by atoms with Crippen molar-refractivity contribution < 1.29 is 26.4 Å². The fraction of sp³-hybridized carbons (Fsp3) is 0.250. The standard InChI is InChI=1S/C24H20ClF3N2O3S2/c1-2-34-21-11-17(16-7-5-15(6-8-16)14-3-4-14)13-29-22(21)23(31)30-20-12-18(9-10-19(20)25)35(32,33)24(26,27)28/h5-14H,2-4H2,1H3,(H,30,31). The van der Waals surface area contributed by atoms with Crippen LogP contribution < -0.4 is 5.32 Å². The fourth-order valence-corrected chi connectivity index (χ4v) is 5.24. The highest BCUT2D eigenvalue weighted by atomic mass is 35.5. The average Bonchev–Trinajstić information content (AvgIpc) is 3.65. The second-order valence-electron chi connectivity index (χ2n) is 7.94. The van der Waals surface area contributed by atoms with Crippen LogP contribution in [-0.2, 0) is 9.84 Å². The zero-order valence-electron chi connectivity index (χ0n) is 18.4. The Balaban J connectivity index is 1.62. The molecule has 35 heavy (non-hydrogen) atoms. The Morgan fingerprint density at radius 1 is 1.11 bits per heavy atom. The van der Waals surface area contributed by atoms with Gasteiger partial charge in [-0.3, -0.25) is 4.79 Å². The first-order chi connectivity index (χ1) is 16.5. The summed E-state index contributed by atoms with van der Waals surface area (Å²) in [4.78, 5) is 16.8. The number of aromatic nitrogens is 1. The first kappa shape index (κ1) is 25.5. The minimum absolute atomic E-state index is 0.0512. The number of pyridine rings is 1. The molecule has 0 saturated heterocycles. The van der Waals surface area contributed by atoms with E-state index in [0.29, 0.717) is 22.6 Å². The molecule has 0 spiro atoms. The van der Waals surface area contributed by atoms with Crippen LogP contribution >= 0.6 is 23.4 Å². The van der Waals surface area contributed by atoms with Crippen molar-refractivity contribution in [2.24, 2.45) is 0 Å². The molecule has 2 aromatic carbocycles. The van der Waals surface area contributed by atoms with E-state index in [1.165, 1.54) is 30.2 Å². The van der Waals surface area contributed by atoms with Gasteiger partial charge in [-0.2, -0.15) is 13.2 Å². The molecular formula is C24H20ClF3N2O3S2. The largest absolute Gasteiger partial charge is 0.501 e. The number of sulfone groups is 1. The van der Waals surface area contributed by atoms with Crippen molar-refractivity contribution in [3.63, 3.8) is 0 Å². The Bertz CT molecular complexity index is 1370. The van der Waals surface area contributed by atoms with Gasteiger partial charge in [-0.25, -0.2) is 13.4 Å². The van der Waals surface area contributed by atoms with Gasteiger partial charge in [0.05, 0.1) is 15.6 Å². The van der Waals surface area contributed by atoms with E-state index in [1.807, 2.05) is 25.1 Å². The highest BCUT2D eigenvalue weighted by molar-refractivity contribution is 7.99. The molecule has 3 aromatic rings. The van der Waals surface area contributed by atoms with Gasteiger partial charge in [0.2, 0.25) is 0 Å². The number of hydrogen-bond donors (Lipinski definition) is 1. The smallest absolute Gasteiger partial charge is 0.319 e. The summed E-state index contributed by atoms with van der Waals surface area (Å²) < 4.78 is 62.3. The van der Waals surface area contributed by atoms with Gasteiger partial charge in [-0.1, -0.05) is 42.8 Å². The number of anilines is 1. The van der Waals surface area contributed by atoms with E-state index >= 15 is 0 Å². The first-order valence-electron chi connectivity index (χ1n) is 10.7. The van der Waals surface area contributed by atoms with Crippen LogP contribution in [0.3, 0.4) is 0 Å². The van der Waals surface area contributed by atoms with E-state index in [9.17, 15) is 26.4 Å². The molecule has 0 aliphatic heterocycles. The Morgan fingerprint density at radius 2 is 1.80 bits per heavy atom. The predicted octanol–water partition coefficient (Wildman–Crippen LogP) is 6.94. The van der Waals surface area contributed by atoms with Crippen molar-refractivity contribution >= 4 is 44.8 Å². The second-order valence-corrected chi connectivity index (χ2v) is 11.6. The van der Waals surface area contributed by atoms with Gasteiger partial charge < -0.3 is 5.32 Å². The second kappa shape index (κ2) is 9.83. The summed E-state index contributed by atoms with van der Waals surface area (Å²) in [5.41, 5.74) is -2.64. The van der Waals surface area contributed by atoms with E-state index in [-0.39, 0.29) is 16.4 Å². The number of halogens is 4. The van der Waals surface area contributed by atoms with Crippen LogP contribution in [0, 0.1) is 0 Å². The van der Waals surface area contributed by atoms with E-state index in [1.54, 1.807) is 6.20 Å². The van der Waals surface area contributed by atoms with Crippen LogP contribution in [0.5, 0.6) is 0 Å². The maximum atomic E-state index is 13.0. The molecule has 1 heterocycles. The van der Waals surface area contributed by atoms with E-state index in [2.05, 4.69) is 22.4 Å². The van der Waals surface area contributed by atoms with Crippen molar-refractivity contribution in [3.05, 3.63) is 71.0 Å². The summed E-state index contributed by atoms with van der Waals surface area (Å²) in [6.45, 7) is 1.91. The molecule has 0 atom stereocenters.